The van der Waals surface area contributed by atoms with E-state index in [9.17, 15) is 4.79 Å². The van der Waals surface area contributed by atoms with Gasteiger partial charge in [0.15, 0.2) is 5.69 Å². The standard InChI is InChI=1S/C15H15BrN2O3/c1-18-13(7-12(17-18)15(19)20)11-6-10(16)4-5-14(11)21-8-9-2-3-9/h4-7,9H,2-3,8H2,1H3,(H,19,20). The number of benzene rings is 1. The topological polar surface area (TPSA) is 64.4 Å². The molecule has 0 amide bonds. The predicted octanol–water partition coefficient (Wildman–Crippen LogP) is 3.34. The first-order valence-corrected chi connectivity index (χ1v) is 7.54. The van der Waals surface area contributed by atoms with Crippen molar-refractivity contribution in [2.45, 2.75) is 12.8 Å². The van der Waals surface area contributed by atoms with Gasteiger partial charge in [0.1, 0.15) is 5.75 Å². The summed E-state index contributed by atoms with van der Waals surface area (Å²) in [4.78, 5) is 11.1. The minimum atomic E-state index is -1.03. The molecule has 0 spiro atoms. The van der Waals surface area contributed by atoms with Gasteiger partial charge < -0.3 is 9.84 Å². The molecule has 1 saturated carbocycles. The van der Waals surface area contributed by atoms with Crippen molar-refractivity contribution in [2.75, 3.05) is 6.61 Å². The van der Waals surface area contributed by atoms with Crippen molar-refractivity contribution in [3.8, 4) is 17.0 Å². The lowest BCUT2D eigenvalue weighted by Gasteiger charge is -2.12. The zero-order chi connectivity index (χ0) is 15.0. The summed E-state index contributed by atoms with van der Waals surface area (Å²) < 4.78 is 8.36. The van der Waals surface area contributed by atoms with Crippen LogP contribution >= 0.6 is 15.9 Å². The molecule has 0 unspecified atom stereocenters. The Balaban J connectivity index is 1.98. The van der Waals surface area contributed by atoms with E-state index >= 15 is 0 Å². The third kappa shape index (κ3) is 3.10. The van der Waals surface area contributed by atoms with Gasteiger partial charge in [0.25, 0.3) is 0 Å². The van der Waals surface area contributed by atoms with Crippen molar-refractivity contribution in [2.24, 2.45) is 13.0 Å². The summed E-state index contributed by atoms with van der Waals surface area (Å²) in [6, 6.07) is 7.30. The minimum Gasteiger partial charge on any atom is -0.493 e. The van der Waals surface area contributed by atoms with E-state index in [1.54, 1.807) is 17.8 Å². The fourth-order valence-corrected chi connectivity index (χ4v) is 2.51. The third-order valence-electron chi connectivity index (χ3n) is 3.49. The Hall–Kier alpha value is -1.82. The second-order valence-electron chi connectivity index (χ2n) is 5.24. The smallest absolute Gasteiger partial charge is 0.356 e. The summed E-state index contributed by atoms with van der Waals surface area (Å²) in [5, 5.41) is 13.1. The highest BCUT2D eigenvalue weighted by atomic mass is 79.9. The number of hydrogen-bond acceptors (Lipinski definition) is 3. The fourth-order valence-electron chi connectivity index (χ4n) is 2.14. The van der Waals surface area contributed by atoms with E-state index in [0.717, 1.165) is 21.5 Å². The maximum atomic E-state index is 11.1. The molecular weight excluding hydrogens is 336 g/mol. The average Bonchev–Trinajstić information content (AvgIpc) is 3.18. The summed E-state index contributed by atoms with van der Waals surface area (Å²) in [5.41, 5.74) is 1.59. The van der Waals surface area contributed by atoms with Crippen molar-refractivity contribution in [1.29, 1.82) is 0 Å². The summed E-state index contributed by atoms with van der Waals surface area (Å²) in [6.07, 6.45) is 2.45. The molecule has 21 heavy (non-hydrogen) atoms. The Kier molecular flexibility index (Phi) is 3.71. The van der Waals surface area contributed by atoms with Crippen LogP contribution in [0.1, 0.15) is 23.3 Å². The van der Waals surface area contributed by atoms with Crippen molar-refractivity contribution < 1.29 is 14.6 Å². The normalized spacial score (nSPS) is 14.2. The lowest BCUT2D eigenvalue weighted by atomic mass is 10.1. The zero-order valence-corrected chi connectivity index (χ0v) is 13.1. The first-order valence-electron chi connectivity index (χ1n) is 6.74. The molecule has 2 aromatic rings. The van der Waals surface area contributed by atoms with Gasteiger partial charge >= 0.3 is 5.97 Å². The van der Waals surface area contributed by atoms with Gasteiger partial charge in [-0.25, -0.2) is 4.79 Å². The highest BCUT2D eigenvalue weighted by Gasteiger charge is 2.23. The second kappa shape index (κ2) is 5.52. The van der Waals surface area contributed by atoms with Crippen LogP contribution < -0.4 is 4.74 Å². The van der Waals surface area contributed by atoms with Crippen molar-refractivity contribution in [3.63, 3.8) is 0 Å². The molecule has 1 fully saturated rings. The third-order valence-corrected chi connectivity index (χ3v) is 3.98. The van der Waals surface area contributed by atoms with Crippen LogP contribution in [-0.4, -0.2) is 27.5 Å². The monoisotopic (exact) mass is 350 g/mol. The number of carboxylic acid groups (broad SMARTS) is 1. The van der Waals surface area contributed by atoms with E-state index in [1.165, 1.54) is 12.8 Å². The molecule has 6 heteroatoms. The van der Waals surface area contributed by atoms with Crippen molar-refractivity contribution >= 4 is 21.9 Å². The van der Waals surface area contributed by atoms with Crippen molar-refractivity contribution in [1.82, 2.24) is 9.78 Å². The van der Waals surface area contributed by atoms with Crippen LogP contribution in [0.5, 0.6) is 5.75 Å². The lowest BCUT2D eigenvalue weighted by molar-refractivity contribution is 0.0689. The van der Waals surface area contributed by atoms with E-state index in [-0.39, 0.29) is 5.69 Å². The van der Waals surface area contributed by atoms with E-state index in [2.05, 4.69) is 21.0 Å². The number of hydrogen-bond donors (Lipinski definition) is 1. The minimum absolute atomic E-state index is 0.0284. The molecule has 5 nitrogen and oxygen atoms in total. The Morgan fingerprint density at radius 2 is 2.24 bits per heavy atom. The second-order valence-corrected chi connectivity index (χ2v) is 6.15. The van der Waals surface area contributed by atoms with Crippen LogP contribution in [0.15, 0.2) is 28.7 Å². The molecular formula is C15H15BrN2O3. The predicted molar refractivity (Wildman–Crippen MR) is 81.5 cm³/mol. The van der Waals surface area contributed by atoms with Gasteiger partial charge in [0.05, 0.1) is 12.3 Å². The van der Waals surface area contributed by atoms with Crippen LogP contribution in [-0.2, 0) is 7.05 Å². The van der Waals surface area contributed by atoms with Gasteiger partial charge in [0.2, 0.25) is 0 Å². The number of ether oxygens (including phenoxy) is 1. The number of nitrogens with zero attached hydrogens (tertiary/aromatic N) is 2. The Labute approximate surface area is 130 Å². The molecule has 1 aliphatic carbocycles. The number of aromatic nitrogens is 2. The largest absolute Gasteiger partial charge is 0.493 e. The highest BCUT2D eigenvalue weighted by Crippen LogP contribution is 2.35. The molecule has 0 bridgehead atoms. The van der Waals surface area contributed by atoms with Gasteiger partial charge in [0, 0.05) is 17.1 Å². The molecule has 0 atom stereocenters. The molecule has 1 aliphatic rings. The Bertz CT molecular complexity index is 692. The zero-order valence-electron chi connectivity index (χ0n) is 11.5. The van der Waals surface area contributed by atoms with Gasteiger partial charge in [-0.2, -0.15) is 5.10 Å². The van der Waals surface area contributed by atoms with Gasteiger partial charge in [-0.15, -0.1) is 0 Å². The van der Waals surface area contributed by atoms with Crippen LogP contribution in [0, 0.1) is 5.92 Å². The number of rotatable bonds is 5. The Morgan fingerprint density at radius 1 is 1.48 bits per heavy atom. The number of halogens is 1. The maximum Gasteiger partial charge on any atom is 0.356 e. The van der Waals surface area contributed by atoms with E-state index in [0.29, 0.717) is 12.5 Å². The number of aryl methyl sites for hydroxylation is 1. The SMILES string of the molecule is Cn1nc(C(=O)O)cc1-c1cc(Br)ccc1OCC1CC1. The van der Waals surface area contributed by atoms with Crippen LogP contribution in [0.4, 0.5) is 0 Å². The summed E-state index contributed by atoms with van der Waals surface area (Å²) in [6.45, 7) is 0.707. The van der Waals surface area contributed by atoms with Gasteiger partial charge in [-0.05, 0) is 43.0 Å². The summed E-state index contributed by atoms with van der Waals surface area (Å²) in [7, 11) is 1.73. The van der Waals surface area contributed by atoms with Crippen molar-refractivity contribution in [3.05, 3.63) is 34.4 Å². The van der Waals surface area contributed by atoms with E-state index < -0.39 is 5.97 Å². The lowest BCUT2D eigenvalue weighted by Crippen LogP contribution is -2.02. The number of aromatic carboxylic acids is 1. The maximum absolute atomic E-state index is 11.1. The molecule has 0 radical (unpaired) electrons. The molecule has 0 aliphatic heterocycles. The quantitative estimate of drug-likeness (QED) is 0.897. The molecule has 1 heterocycles. The molecule has 110 valence electrons. The van der Waals surface area contributed by atoms with E-state index in [4.69, 9.17) is 9.84 Å². The average molecular weight is 351 g/mol. The van der Waals surface area contributed by atoms with Gasteiger partial charge in [-0.1, -0.05) is 15.9 Å². The molecule has 1 aromatic carbocycles. The van der Waals surface area contributed by atoms with Crippen LogP contribution in [0.25, 0.3) is 11.3 Å². The Morgan fingerprint density at radius 3 is 2.86 bits per heavy atom. The van der Waals surface area contributed by atoms with E-state index in [1.807, 2.05) is 18.2 Å². The fraction of sp³-hybridized carbons (Fsp3) is 0.333. The summed E-state index contributed by atoms with van der Waals surface area (Å²) >= 11 is 3.44. The van der Waals surface area contributed by atoms with Crippen LogP contribution in [0.3, 0.4) is 0 Å². The first-order chi connectivity index (χ1) is 10.0. The number of carboxylic acids is 1. The highest BCUT2D eigenvalue weighted by molar-refractivity contribution is 9.10. The summed E-state index contributed by atoms with van der Waals surface area (Å²) in [5.74, 6) is 0.375. The number of carbonyl (C=O) groups is 1. The van der Waals surface area contributed by atoms with Crippen LogP contribution in [0.2, 0.25) is 0 Å². The molecule has 1 aromatic heterocycles. The molecule has 0 saturated heterocycles. The van der Waals surface area contributed by atoms with Gasteiger partial charge in [-0.3, -0.25) is 4.68 Å². The molecule has 1 N–H and O–H groups in total. The molecule has 3 rings (SSSR count). The first kappa shape index (κ1) is 14.1.